The number of benzene rings is 2. The van der Waals surface area contributed by atoms with E-state index in [1.807, 2.05) is 48.8 Å². The summed E-state index contributed by atoms with van der Waals surface area (Å²) in [5.74, 6) is 4.13. The first-order valence-corrected chi connectivity index (χ1v) is 20.1. The number of fused-ring (bicyclic) bond motifs is 8. The van der Waals surface area contributed by atoms with E-state index in [4.69, 9.17) is 19.4 Å². The maximum absolute atomic E-state index is 13.9. The van der Waals surface area contributed by atoms with Crippen LogP contribution in [0.5, 0.6) is 11.5 Å². The Kier molecular flexibility index (Phi) is 9.30. The molecular weight excluding hydrogens is 677 g/mol. The number of anilines is 2. The van der Waals surface area contributed by atoms with Gasteiger partial charge in [0.25, 0.3) is 10.9 Å². The van der Waals surface area contributed by atoms with Crippen LogP contribution >= 0.6 is 0 Å². The number of aromatic nitrogens is 2. The molecular formula is C44H52N6O4. The first-order chi connectivity index (χ1) is 26.4. The minimum Gasteiger partial charge on any atom is -0.497 e. The summed E-state index contributed by atoms with van der Waals surface area (Å²) in [6.07, 6.45) is 10.5. The number of nitrogens with zero attached hydrogens (tertiary/aromatic N) is 4. The molecule has 5 aromatic rings. The second kappa shape index (κ2) is 14.3. The van der Waals surface area contributed by atoms with Crippen LogP contribution in [-0.4, -0.2) is 72.3 Å². The third-order valence-electron chi connectivity index (χ3n) is 13.8. The molecule has 10 nitrogen and oxygen atoms in total. The summed E-state index contributed by atoms with van der Waals surface area (Å²) in [4.78, 5) is 42.3. The first-order valence-electron chi connectivity index (χ1n) is 20.1. The number of nitrogens with one attached hydrogen (secondary N) is 2. The molecule has 2 N–H and O–H groups in total. The zero-order valence-corrected chi connectivity index (χ0v) is 31.9. The van der Waals surface area contributed by atoms with Gasteiger partial charge in [-0.2, -0.15) is 0 Å². The molecule has 3 aromatic carbocycles. The van der Waals surface area contributed by atoms with Gasteiger partial charge < -0.3 is 20.1 Å². The van der Waals surface area contributed by atoms with Gasteiger partial charge in [-0.1, -0.05) is 26.7 Å². The molecule has 4 bridgehead atoms. The molecule has 6 aliphatic rings. The van der Waals surface area contributed by atoms with Crippen LogP contribution in [0.3, 0.4) is 0 Å². The fourth-order valence-electron chi connectivity index (χ4n) is 10.8. The maximum Gasteiger partial charge on any atom is 0.253 e. The highest BCUT2D eigenvalue weighted by atomic mass is 16.5. The summed E-state index contributed by atoms with van der Waals surface area (Å²) < 4.78 is 11.3. The van der Waals surface area contributed by atoms with Gasteiger partial charge in [0.1, 0.15) is 22.9 Å². The van der Waals surface area contributed by atoms with Gasteiger partial charge >= 0.3 is 0 Å². The molecule has 0 amide bonds. The van der Waals surface area contributed by atoms with Gasteiger partial charge in [-0.25, -0.2) is 0 Å². The summed E-state index contributed by atoms with van der Waals surface area (Å²) in [6.45, 7) is 8.77. The van der Waals surface area contributed by atoms with Crippen molar-refractivity contribution in [2.24, 2.45) is 23.7 Å². The fraction of sp³-hybridized carbons (Fsp3) is 0.500. The van der Waals surface area contributed by atoms with E-state index in [9.17, 15) is 9.59 Å². The lowest BCUT2D eigenvalue weighted by atomic mass is 9.72. The average molecular weight is 729 g/mol. The van der Waals surface area contributed by atoms with E-state index in [2.05, 4.69) is 46.4 Å². The zero-order valence-electron chi connectivity index (χ0n) is 31.9. The maximum atomic E-state index is 13.9. The lowest BCUT2D eigenvalue weighted by molar-refractivity contribution is -0.00812. The van der Waals surface area contributed by atoms with Crippen molar-refractivity contribution >= 4 is 33.2 Å². The normalized spacial score (nSPS) is 28.7. The van der Waals surface area contributed by atoms with Crippen molar-refractivity contribution in [3.05, 3.63) is 92.5 Å². The Morgan fingerprint density at radius 2 is 1.13 bits per heavy atom. The summed E-state index contributed by atoms with van der Waals surface area (Å²) in [5.41, 5.74) is 3.72. The number of hydrogen-bond donors (Lipinski definition) is 2. The van der Waals surface area contributed by atoms with Crippen LogP contribution in [0.2, 0.25) is 0 Å². The van der Waals surface area contributed by atoms with Gasteiger partial charge in [-0.05, 0) is 122 Å². The van der Waals surface area contributed by atoms with E-state index >= 15 is 0 Å². The third-order valence-corrected chi connectivity index (χ3v) is 13.8. The molecule has 10 atom stereocenters. The fourth-order valence-corrected chi connectivity index (χ4v) is 10.8. The number of pyridine rings is 2. The Hall–Kier alpha value is -4.54. The number of hydrogen-bond acceptors (Lipinski definition) is 10. The van der Waals surface area contributed by atoms with Crippen molar-refractivity contribution in [3.63, 3.8) is 0 Å². The zero-order chi connectivity index (χ0) is 37.1. The molecule has 6 saturated heterocycles. The summed E-state index contributed by atoms with van der Waals surface area (Å²) >= 11 is 0. The Labute approximate surface area is 317 Å². The van der Waals surface area contributed by atoms with Gasteiger partial charge in [-0.3, -0.25) is 29.4 Å². The Balaban J connectivity index is 1.14. The third kappa shape index (κ3) is 5.93. The number of rotatable bonds is 12. The summed E-state index contributed by atoms with van der Waals surface area (Å²) in [6, 6.07) is 15.9. The van der Waals surface area contributed by atoms with Crippen LogP contribution in [0.15, 0.2) is 70.5 Å². The minimum absolute atomic E-state index is 0.152. The van der Waals surface area contributed by atoms with Crippen molar-refractivity contribution in [2.75, 3.05) is 51.0 Å². The Morgan fingerprint density at radius 1 is 0.685 bits per heavy atom. The highest BCUT2D eigenvalue weighted by molar-refractivity contribution is 5.86. The van der Waals surface area contributed by atoms with Crippen molar-refractivity contribution < 1.29 is 9.47 Å². The van der Waals surface area contributed by atoms with Crippen molar-refractivity contribution in [1.82, 2.24) is 19.8 Å². The molecule has 2 aromatic heterocycles. The predicted molar refractivity (Wildman–Crippen MR) is 214 cm³/mol. The SMILES string of the molecule is CCC1CN2CCC1C[C@@H]2[C@H](Nc1c(N[C@H](c2ccnc3ccc(OC)cc23)[C@H]2CC3CCN2CC3CC)c(=O)c1=O)c1ccnc2ccc(OC)cc12. The number of ether oxygens (including phenoxy) is 2. The van der Waals surface area contributed by atoms with Crippen molar-refractivity contribution in [1.29, 1.82) is 0 Å². The molecule has 6 fully saturated rings. The van der Waals surface area contributed by atoms with Crippen molar-refractivity contribution in [3.8, 4) is 11.5 Å². The van der Waals surface area contributed by atoms with Crippen LogP contribution in [0.1, 0.15) is 75.6 Å². The standard InChI is InChI=1S/C44H52N6O4/c1-5-25-23-49-17-13-27(25)19-37(49)39(31-11-15-45-35-9-7-29(53-3)21-33(31)35)47-41-42(44(52)43(41)51)48-40(38-20-28-14-18-50(38)24-26(28)6-2)32-12-16-46-36-10-8-30(54-4)22-34(32)36/h7-12,15-16,21-22,25-28,37-40,47-48H,5-6,13-14,17-20,23-24H2,1-4H3/t25?,26?,27?,28?,37-,38-,39-,40-/m1/s1. The lowest BCUT2D eigenvalue weighted by Gasteiger charge is -2.53. The van der Waals surface area contributed by atoms with Crippen LogP contribution in [-0.2, 0) is 0 Å². The molecule has 0 spiro atoms. The smallest absolute Gasteiger partial charge is 0.253 e. The van der Waals surface area contributed by atoms with E-state index in [-0.39, 0.29) is 24.2 Å². The van der Waals surface area contributed by atoms with Crippen molar-refractivity contribution in [2.45, 2.75) is 76.5 Å². The summed E-state index contributed by atoms with van der Waals surface area (Å²) in [7, 11) is 3.36. The molecule has 0 radical (unpaired) electrons. The van der Waals surface area contributed by atoms with Crippen LogP contribution in [0, 0.1) is 23.7 Å². The number of piperidine rings is 6. The van der Waals surface area contributed by atoms with Gasteiger partial charge in [-0.15, -0.1) is 0 Å². The highest BCUT2D eigenvalue weighted by Crippen LogP contribution is 2.47. The average Bonchev–Trinajstić information content (AvgIpc) is 3.24. The second-order valence-corrected chi connectivity index (χ2v) is 16.2. The Bertz CT molecular complexity index is 2090. The molecule has 6 unspecified atom stereocenters. The Morgan fingerprint density at radius 3 is 1.50 bits per heavy atom. The van der Waals surface area contributed by atoms with E-state index in [1.54, 1.807) is 14.2 Å². The lowest BCUT2D eigenvalue weighted by Crippen LogP contribution is -2.57. The van der Waals surface area contributed by atoms with E-state index in [0.717, 1.165) is 83.5 Å². The van der Waals surface area contributed by atoms with Crippen LogP contribution in [0.4, 0.5) is 11.4 Å². The van der Waals surface area contributed by atoms with E-state index < -0.39 is 10.9 Å². The first kappa shape index (κ1) is 35.2. The molecule has 282 valence electrons. The van der Waals surface area contributed by atoms with Crippen LogP contribution < -0.4 is 31.0 Å². The van der Waals surface area contributed by atoms with Gasteiger partial charge in [0.15, 0.2) is 0 Å². The molecule has 0 saturated carbocycles. The quantitative estimate of drug-likeness (QED) is 0.131. The van der Waals surface area contributed by atoms with Gasteiger partial charge in [0.2, 0.25) is 0 Å². The molecule has 8 heterocycles. The molecule has 0 aliphatic carbocycles. The predicted octanol–water partition coefficient (Wildman–Crippen LogP) is 6.94. The topological polar surface area (TPSA) is 109 Å². The summed E-state index contributed by atoms with van der Waals surface area (Å²) in [5, 5.41) is 9.53. The van der Waals surface area contributed by atoms with Gasteiger partial charge in [0.05, 0.1) is 37.3 Å². The van der Waals surface area contributed by atoms with Gasteiger partial charge in [0, 0.05) is 48.3 Å². The second-order valence-electron chi connectivity index (χ2n) is 16.2. The largest absolute Gasteiger partial charge is 0.497 e. The van der Waals surface area contributed by atoms with E-state index in [1.165, 1.54) is 25.7 Å². The highest BCUT2D eigenvalue weighted by Gasteiger charge is 2.46. The van der Waals surface area contributed by atoms with E-state index in [0.29, 0.717) is 35.0 Å². The molecule has 10 heteroatoms. The number of methoxy groups -OCH3 is 2. The minimum atomic E-state index is -0.461. The molecule has 11 rings (SSSR count). The molecule has 6 aliphatic heterocycles. The van der Waals surface area contributed by atoms with Crippen LogP contribution in [0.25, 0.3) is 21.8 Å². The molecule has 54 heavy (non-hydrogen) atoms. The monoisotopic (exact) mass is 728 g/mol.